The molecule has 1 aliphatic rings. The Morgan fingerprint density at radius 1 is 0.971 bits per heavy atom. The van der Waals surface area contributed by atoms with Crippen LogP contribution in [0.4, 0.5) is 21.0 Å². The minimum absolute atomic E-state index is 0.395. The third kappa shape index (κ3) is 7.33. The number of hydrogen-bond donors (Lipinski definition) is 1. The van der Waals surface area contributed by atoms with E-state index in [4.69, 9.17) is 14.2 Å². The fourth-order valence-corrected chi connectivity index (χ4v) is 3.74. The van der Waals surface area contributed by atoms with Gasteiger partial charge in [-0.05, 0) is 53.0 Å². The third-order valence-electron chi connectivity index (χ3n) is 5.16. The number of fused-ring (bicyclic) bond motifs is 1. The largest absolute Gasteiger partial charge is 0.444 e. The number of nitrogens with one attached hydrogen (secondary N) is 1. The van der Waals surface area contributed by atoms with E-state index in [0.717, 1.165) is 23.9 Å². The maximum Gasteiger partial charge on any atom is 0.414 e. The van der Waals surface area contributed by atoms with Gasteiger partial charge in [0.15, 0.2) is 0 Å². The quantitative estimate of drug-likeness (QED) is 0.641. The lowest BCUT2D eigenvalue weighted by Crippen LogP contribution is -2.45. The first kappa shape index (κ1) is 25.8. The molecule has 1 saturated heterocycles. The number of morpholine rings is 1. The van der Waals surface area contributed by atoms with E-state index in [0.29, 0.717) is 37.7 Å². The number of amides is 2. The van der Waals surface area contributed by atoms with E-state index in [1.165, 1.54) is 0 Å². The smallest absolute Gasteiger partial charge is 0.414 e. The van der Waals surface area contributed by atoms with Crippen molar-refractivity contribution in [1.29, 1.82) is 0 Å². The molecule has 2 aromatic rings. The van der Waals surface area contributed by atoms with Crippen LogP contribution in [0.3, 0.4) is 0 Å². The molecule has 1 aliphatic heterocycles. The van der Waals surface area contributed by atoms with E-state index in [-0.39, 0.29) is 0 Å². The van der Waals surface area contributed by atoms with Crippen LogP contribution in [0, 0.1) is 0 Å². The fraction of sp³-hybridized carbons (Fsp3) is 0.538. The van der Waals surface area contributed by atoms with E-state index < -0.39 is 23.4 Å². The molecule has 2 aromatic carbocycles. The summed E-state index contributed by atoms with van der Waals surface area (Å²) in [5.41, 5.74) is -0.243. The monoisotopic (exact) mass is 471 g/mol. The number of anilines is 2. The number of hydrogen-bond acceptors (Lipinski definition) is 6. The second-order valence-corrected chi connectivity index (χ2v) is 10.4. The lowest BCUT2D eigenvalue weighted by atomic mass is 10.1. The number of ether oxygens (including phenoxy) is 3. The van der Waals surface area contributed by atoms with Crippen LogP contribution in [-0.2, 0) is 14.2 Å². The Bertz CT molecular complexity index is 1000. The van der Waals surface area contributed by atoms with E-state index in [1.807, 2.05) is 71.9 Å². The molecular formula is C26H37N3O5. The third-order valence-corrected chi connectivity index (χ3v) is 5.16. The van der Waals surface area contributed by atoms with Crippen LogP contribution in [0.5, 0.6) is 0 Å². The highest BCUT2D eigenvalue weighted by Gasteiger charge is 2.28. The highest BCUT2D eigenvalue weighted by Crippen LogP contribution is 2.36. The lowest BCUT2D eigenvalue weighted by molar-refractivity contribution is 0.0375. The van der Waals surface area contributed by atoms with Crippen LogP contribution in [0.15, 0.2) is 36.4 Å². The molecule has 34 heavy (non-hydrogen) atoms. The molecule has 186 valence electrons. The molecule has 1 N–H and O–H groups in total. The van der Waals surface area contributed by atoms with Crippen molar-refractivity contribution in [2.75, 3.05) is 49.6 Å². The number of benzene rings is 2. The van der Waals surface area contributed by atoms with Crippen LogP contribution in [0.25, 0.3) is 10.8 Å². The second-order valence-electron chi connectivity index (χ2n) is 10.4. The maximum absolute atomic E-state index is 13.5. The zero-order chi connectivity index (χ0) is 24.9. The molecule has 1 fully saturated rings. The molecule has 1 heterocycles. The zero-order valence-electron chi connectivity index (χ0n) is 21.1. The summed E-state index contributed by atoms with van der Waals surface area (Å²) in [6.07, 6.45) is -1.05. The first-order valence-electron chi connectivity index (χ1n) is 11.8. The zero-order valence-corrected chi connectivity index (χ0v) is 21.1. The summed E-state index contributed by atoms with van der Waals surface area (Å²) in [6, 6.07) is 11.5. The molecule has 0 aromatic heterocycles. The van der Waals surface area contributed by atoms with Gasteiger partial charge in [0.2, 0.25) is 0 Å². The van der Waals surface area contributed by atoms with Crippen molar-refractivity contribution in [1.82, 2.24) is 4.90 Å². The molecule has 0 aliphatic carbocycles. The Labute approximate surface area is 202 Å². The molecule has 0 radical (unpaired) electrons. The molecule has 3 rings (SSSR count). The summed E-state index contributed by atoms with van der Waals surface area (Å²) in [4.78, 5) is 30.0. The van der Waals surface area contributed by atoms with Gasteiger partial charge in [0.25, 0.3) is 0 Å². The van der Waals surface area contributed by atoms with Crippen molar-refractivity contribution in [3.8, 4) is 0 Å². The van der Waals surface area contributed by atoms with E-state index >= 15 is 0 Å². The highest BCUT2D eigenvalue weighted by atomic mass is 16.6. The highest BCUT2D eigenvalue weighted by molar-refractivity contribution is 6.09. The van der Waals surface area contributed by atoms with Crippen molar-refractivity contribution >= 4 is 34.3 Å². The van der Waals surface area contributed by atoms with E-state index in [1.54, 1.807) is 11.0 Å². The van der Waals surface area contributed by atoms with Crippen LogP contribution < -0.4 is 10.2 Å². The summed E-state index contributed by atoms with van der Waals surface area (Å²) in [6.45, 7) is 15.0. The van der Waals surface area contributed by atoms with E-state index in [2.05, 4.69) is 10.2 Å². The van der Waals surface area contributed by atoms with Crippen LogP contribution in [0.2, 0.25) is 0 Å². The topological polar surface area (TPSA) is 80.3 Å². The van der Waals surface area contributed by atoms with Crippen molar-refractivity contribution < 1.29 is 23.8 Å². The Morgan fingerprint density at radius 3 is 2.26 bits per heavy atom. The van der Waals surface area contributed by atoms with Crippen molar-refractivity contribution in [2.24, 2.45) is 0 Å². The maximum atomic E-state index is 13.5. The fourth-order valence-electron chi connectivity index (χ4n) is 3.74. The van der Waals surface area contributed by atoms with Crippen LogP contribution in [0.1, 0.15) is 41.5 Å². The van der Waals surface area contributed by atoms with Gasteiger partial charge >= 0.3 is 12.2 Å². The first-order valence-corrected chi connectivity index (χ1v) is 11.8. The minimum atomic E-state index is -0.669. The van der Waals surface area contributed by atoms with Gasteiger partial charge in [-0.3, -0.25) is 15.1 Å². The normalized spacial score (nSPS) is 15.1. The number of rotatable bonds is 5. The molecular weight excluding hydrogens is 434 g/mol. The van der Waals surface area contributed by atoms with Gasteiger partial charge in [-0.1, -0.05) is 30.3 Å². The predicted octanol–water partition coefficient (Wildman–Crippen LogP) is 5.26. The summed E-state index contributed by atoms with van der Waals surface area (Å²) < 4.78 is 16.7. The van der Waals surface area contributed by atoms with Gasteiger partial charge in [0.05, 0.1) is 24.6 Å². The van der Waals surface area contributed by atoms with Gasteiger partial charge < -0.3 is 14.2 Å². The lowest BCUT2D eigenvalue weighted by Gasteiger charge is -2.33. The Hall–Kier alpha value is -2.84. The van der Waals surface area contributed by atoms with Crippen molar-refractivity contribution in [3.63, 3.8) is 0 Å². The standard InChI is InChI=1S/C26H37N3O5/c1-25(2,3)33-23(30)27-21-12-11-19-9-7-8-10-20(19)22(21)29(24(31)34-26(4,5)6)14-13-28-15-17-32-18-16-28/h7-12H,13-18H2,1-6H3,(H,27,30). The molecule has 0 bridgehead atoms. The minimum Gasteiger partial charge on any atom is -0.444 e. The predicted molar refractivity (Wildman–Crippen MR) is 135 cm³/mol. The molecule has 0 atom stereocenters. The molecule has 0 spiro atoms. The van der Waals surface area contributed by atoms with Crippen molar-refractivity contribution in [3.05, 3.63) is 36.4 Å². The summed E-state index contributed by atoms with van der Waals surface area (Å²) in [5.74, 6) is 0. The Morgan fingerprint density at radius 2 is 1.62 bits per heavy atom. The average Bonchev–Trinajstić information content (AvgIpc) is 2.73. The van der Waals surface area contributed by atoms with Crippen LogP contribution in [-0.4, -0.2) is 67.7 Å². The van der Waals surface area contributed by atoms with Crippen LogP contribution >= 0.6 is 0 Å². The number of carbonyl (C=O) groups is 2. The first-order chi connectivity index (χ1) is 15.9. The van der Waals surface area contributed by atoms with E-state index in [9.17, 15) is 9.59 Å². The number of nitrogens with zero attached hydrogens (tertiary/aromatic N) is 2. The molecule has 0 unspecified atom stereocenters. The summed E-state index contributed by atoms with van der Waals surface area (Å²) in [5, 5.41) is 4.64. The van der Waals surface area contributed by atoms with Crippen molar-refractivity contribution in [2.45, 2.75) is 52.7 Å². The summed E-state index contributed by atoms with van der Waals surface area (Å²) >= 11 is 0. The molecule has 0 saturated carbocycles. The van der Waals surface area contributed by atoms with Gasteiger partial charge in [-0.2, -0.15) is 0 Å². The Balaban J connectivity index is 2.02. The molecule has 2 amide bonds. The Kier molecular flexibility index (Phi) is 8.05. The van der Waals surface area contributed by atoms with Gasteiger partial charge in [-0.25, -0.2) is 9.59 Å². The second kappa shape index (κ2) is 10.6. The SMILES string of the molecule is CC(C)(C)OC(=O)Nc1ccc2ccccc2c1N(CCN1CCOCC1)C(=O)OC(C)(C)C. The molecule has 8 heteroatoms. The number of carbonyl (C=O) groups excluding carboxylic acids is 2. The summed E-state index contributed by atoms with van der Waals surface area (Å²) in [7, 11) is 0. The van der Waals surface area contributed by atoms with Gasteiger partial charge in [0, 0.05) is 31.6 Å². The van der Waals surface area contributed by atoms with Gasteiger partial charge in [0.1, 0.15) is 11.2 Å². The average molecular weight is 472 g/mol. The van der Waals surface area contributed by atoms with Gasteiger partial charge in [-0.15, -0.1) is 0 Å². The molecule has 8 nitrogen and oxygen atoms in total.